The zero-order valence-electron chi connectivity index (χ0n) is 14.5. The Kier molecular flexibility index (Phi) is 16.6. The van der Waals surface area contributed by atoms with Crippen molar-refractivity contribution in [3.05, 3.63) is 12.2 Å². The van der Waals surface area contributed by atoms with E-state index < -0.39 is 0 Å². The molecule has 0 aromatic heterocycles. The quantitative estimate of drug-likeness (QED) is 0.200. The lowest BCUT2D eigenvalue weighted by atomic mass is 10.0. The molecule has 0 atom stereocenters. The Hall–Kier alpha value is -0.260. The summed E-state index contributed by atoms with van der Waals surface area (Å²) in [6, 6.07) is 0. The normalized spacial score (nSPS) is 10.9. The van der Waals surface area contributed by atoms with Gasteiger partial charge in [-0.15, -0.1) is 0 Å². The predicted molar refractivity (Wildman–Crippen MR) is 94.4 cm³/mol. The van der Waals surface area contributed by atoms with Crippen molar-refractivity contribution in [3.8, 4) is 0 Å². The lowest BCUT2D eigenvalue weighted by molar-refractivity contribution is 0.535. The minimum absolute atomic E-state index is 1.17. The average molecular weight is 281 g/mol. The number of rotatable bonds is 16. The second kappa shape index (κ2) is 16.8. The van der Waals surface area contributed by atoms with Crippen LogP contribution in [-0.4, -0.2) is 0 Å². The third-order valence-electron chi connectivity index (χ3n) is 4.38. The third kappa shape index (κ3) is 15.8. The predicted octanol–water partition coefficient (Wildman–Crippen LogP) is 7.82. The van der Waals surface area contributed by atoms with Gasteiger partial charge in [0.1, 0.15) is 0 Å². The third-order valence-corrected chi connectivity index (χ3v) is 4.38. The maximum atomic E-state index is 4.07. The van der Waals surface area contributed by atoms with Crippen molar-refractivity contribution in [2.24, 2.45) is 0 Å². The number of hydrogen-bond donors (Lipinski definition) is 0. The lowest BCUT2D eigenvalue weighted by Gasteiger charge is -2.04. The van der Waals surface area contributed by atoms with Crippen LogP contribution < -0.4 is 0 Å². The largest absolute Gasteiger partial charge is 0.0999 e. The van der Waals surface area contributed by atoms with E-state index in [2.05, 4.69) is 20.4 Å². The highest BCUT2D eigenvalue weighted by Gasteiger charge is 1.95. The van der Waals surface area contributed by atoms with E-state index in [1.165, 1.54) is 108 Å². The Morgan fingerprint density at radius 1 is 0.550 bits per heavy atom. The van der Waals surface area contributed by atoms with E-state index in [0.29, 0.717) is 0 Å². The molecule has 0 saturated heterocycles. The Bertz CT molecular complexity index is 192. The molecule has 0 amide bonds. The maximum Gasteiger partial charge on any atom is -0.0323 e. The van der Waals surface area contributed by atoms with Crippen molar-refractivity contribution in [1.82, 2.24) is 0 Å². The highest BCUT2D eigenvalue weighted by atomic mass is 14.0. The minimum Gasteiger partial charge on any atom is -0.0999 e. The van der Waals surface area contributed by atoms with Gasteiger partial charge in [0.2, 0.25) is 0 Å². The molecule has 0 nitrogen and oxygen atoms in total. The van der Waals surface area contributed by atoms with Crippen LogP contribution >= 0.6 is 0 Å². The molecule has 0 aromatic rings. The van der Waals surface area contributed by atoms with E-state index in [1.54, 1.807) is 0 Å². The van der Waals surface area contributed by atoms with Crippen molar-refractivity contribution < 1.29 is 0 Å². The highest BCUT2D eigenvalue weighted by Crippen LogP contribution is 2.14. The van der Waals surface area contributed by atoms with Gasteiger partial charge in [-0.1, -0.05) is 109 Å². The second-order valence-corrected chi connectivity index (χ2v) is 6.45. The Morgan fingerprint density at radius 3 is 1.25 bits per heavy atom. The van der Waals surface area contributed by atoms with Crippen LogP contribution in [0.15, 0.2) is 12.2 Å². The molecule has 0 rings (SSSR count). The van der Waals surface area contributed by atoms with Crippen LogP contribution in [0.25, 0.3) is 0 Å². The molecule has 0 aliphatic rings. The monoisotopic (exact) mass is 280 g/mol. The summed E-state index contributed by atoms with van der Waals surface area (Å²) in [6.45, 7) is 8.58. The molecular formula is C20H40. The van der Waals surface area contributed by atoms with Crippen LogP contribution in [0.1, 0.15) is 117 Å². The number of hydrogen-bond acceptors (Lipinski definition) is 0. The van der Waals surface area contributed by atoms with Crippen molar-refractivity contribution in [2.75, 3.05) is 0 Å². The van der Waals surface area contributed by atoms with Crippen molar-refractivity contribution in [1.29, 1.82) is 0 Å². The molecule has 0 spiro atoms. The molecular weight excluding hydrogens is 240 g/mol. The van der Waals surface area contributed by atoms with Gasteiger partial charge >= 0.3 is 0 Å². The van der Waals surface area contributed by atoms with Gasteiger partial charge in [0.05, 0.1) is 0 Å². The fourth-order valence-corrected chi connectivity index (χ4v) is 2.75. The number of unbranched alkanes of at least 4 members (excludes halogenated alkanes) is 13. The Balaban J connectivity index is 2.97. The van der Waals surface area contributed by atoms with Crippen molar-refractivity contribution >= 4 is 0 Å². The van der Waals surface area contributed by atoms with Crippen LogP contribution in [0.4, 0.5) is 0 Å². The lowest BCUT2D eigenvalue weighted by Crippen LogP contribution is -1.84. The minimum atomic E-state index is 1.17. The first-order valence-corrected chi connectivity index (χ1v) is 9.47. The first-order valence-electron chi connectivity index (χ1n) is 9.47. The topological polar surface area (TPSA) is 0 Å². The van der Waals surface area contributed by atoms with Crippen LogP contribution in [0, 0.1) is 0 Å². The van der Waals surface area contributed by atoms with Crippen molar-refractivity contribution in [3.63, 3.8) is 0 Å². The Morgan fingerprint density at radius 2 is 0.900 bits per heavy atom. The summed E-state index contributed by atoms with van der Waals surface area (Å²) in [6.07, 6.45) is 22.7. The summed E-state index contributed by atoms with van der Waals surface area (Å²) in [5, 5.41) is 0. The van der Waals surface area contributed by atoms with Crippen molar-refractivity contribution in [2.45, 2.75) is 117 Å². The summed E-state index contributed by atoms with van der Waals surface area (Å²) < 4.78 is 0. The van der Waals surface area contributed by atoms with Gasteiger partial charge in [-0.25, -0.2) is 0 Å². The molecule has 0 aromatic carbocycles. The van der Waals surface area contributed by atoms with Gasteiger partial charge in [0.25, 0.3) is 0 Å². The maximum absolute atomic E-state index is 4.07. The molecule has 0 heteroatoms. The molecule has 0 aliphatic carbocycles. The van der Waals surface area contributed by atoms with E-state index in [-0.39, 0.29) is 0 Å². The standard InChI is InChI=1S/C20H40/c1-4-6-7-8-9-10-11-12-13-14-15-16-17-18-19-20(3)5-2/h3-19H2,1-2H3. The van der Waals surface area contributed by atoms with Crippen LogP contribution in [0.3, 0.4) is 0 Å². The summed E-state index contributed by atoms with van der Waals surface area (Å²) in [7, 11) is 0. The summed E-state index contributed by atoms with van der Waals surface area (Å²) in [4.78, 5) is 0. The highest BCUT2D eigenvalue weighted by molar-refractivity contribution is 4.91. The first-order chi connectivity index (χ1) is 9.81. The second-order valence-electron chi connectivity index (χ2n) is 6.45. The van der Waals surface area contributed by atoms with Crippen LogP contribution in [-0.2, 0) is 0 Å². The average Bonchev–Trinajstić information content (AvgIpc) is 2.47. The van der Waals surface area contributed by atoms with Gasteiger partial charge < -0.3 is 0 Å². The van der Waals surface area contributed by atoms with E-state index in [1.807, 2.05) is 0 Å². The van der Waals surface area contributed by atoms with Gasteiger partial charge in [-0.3, -0.25) is 0 Å². The van der Waals surface area contributed by atoms with Gasteiger partial charge in [-0.2, -0.15) is 0 Å². The van der Waals surface area contributed by atoms with E-state index in [4.69, 9.17) is 0 Å². The molecule has 0 aliphatic heterocycles. The zero-order valence-corrected chi connectivity index (χ0v) is 14.5. The molecule has 0 fully saturated rings. The molecule has 20 heavy (non-hydrogen) atoms. The van der Waals surface area contributed by atoms with E-state index in [0.717, 1.165) is 0 Å². The molecule has 0 saturated carbocycles. The van der Waals surface area contributed by atoms with Gasteiger partial charge in [0.15, 0.2) is 0 Å². The Labute approximate surface area is 129 Å². The molecule has 0 N–H and O–H groups in total. The zero-order chi connectivity index (χ0) is 14.9. The van der Waals surface area contributed by atoms with Crippen LogP contribution in [0.2, 0.25) is 0 Å². The van der Waals surface area contributed by atoms with Gasteiger partial charge in [-0.05, 0) is 19.3 Å². The summed E-state index contributed by atoms with van der Waals surface area (Å²) in [5.74, 6) is 0. The SMILES string of the molecule is C=C(CC)CCCCCCCCCCCCCCCC. The molecule has 0 unspecified atom stereocenters. The summed E-state index contributed by atoms with van der Waals surface area (Å²) >= 11 is 0. The smallest absolute Gasteiger partial charge is 0.0323 e. The molecule has 0 bridgehead atoms. The molecule has 0 radical (unpaired) electrons. The van der Waals surface area contributed by atoms with Gasteiger partial charge in [0, 0.05) is 0 Å². The number of allylic oxidation sites excluding steroid dienone is 1. The molecule has 0 heterocycles. The van der Waals surface area contributed by atoms with E-state index in [9.17, 15) is 0 Å². The summed E-state index contributed by atoms with van der Waals surface area (Å²) in [5.41, 5.74) is 1.43. The molecule has 120 valence electrons. The first kappa shape index (κ1) is 19.7. The fraction of sp³-hybridized carbons (Fsp3) is 0.900. The van der Waals surface area contributed by atoms with E-state index >= 15 is 0 Å². The fourth-order valence-electron chi connectivity index (χ4n) is 2.75. The van der Waals surface area contributed by atoms with Crippen LogP contribution in [0.5, 0.6) is 0 Å².